The molecule has 0 saturated carbocycles. The summed E-state index contributed by atoms with van der Waals surface area (Å²) in [5.41, 5.74) is 1.39. The van der Waals surface area contributed by atoms with Crippen LogP contribution < -0.4 is 0 Å². The van der Waals surface area contributed by atoms with E-state index >= 15 is 0 Å². The molecule has 2 aromatic heterocycles. The lowest BCUT2D eigenvalue weighted by atomic mass is 10.2. The van der Waals surface area contributed by atoms with Gasteiger partial charge in [-0.1, -0.05) is 31.7 Å². The van der Waals surface area contributed by atoms with Crippen molar-refractivity contribution in [3.8, 4) is 11.5 Å². The maximum absolute atomic E-state index is 12.7. The van der Waals surface area contributed by atoms with Crippen LogP contribution >= 0.6 is 11.8 Å². The normalized spacial score (nSPS) is 12.0. The molecule has 0 saturated heterocycles. The molecular formula is C18H22N4O4S2. The minimum atomic E-state index is -3.55. The molecule has 28 heavy (non-hydrogen) atoms. The fraction of sp³-hybridized carbons (Fsp3) is 0.389. The zero-order valence-corrected chi connectivity index (χ0v) is 17.8. The molecule has 1 aromatic carbocycles. The van der Waals surface area contributed by atoms with Crippen molar-refractivity contribution in [2.75, 3.05) is 13.1 Å². The van der Waals surface area contributed by atoms with E-state index in [4.69, 9.17) is 8.83 Å². The molecule has 0 aliphatic rings. The summed E-state index contributed by atoms with van der Waals surface area (Å²) in [7, 11) is -3.55. The largest absolute Gasteiger partial charge is 0.445 e. The number of aryl methyl sites for hydroxylation is 2. The molecule has 0 amide bonds. The number of nitrogens with zero attached hydrogens (tertiary/aromatic N) is 4. The molecule has 0 spiro atoms. The molecule has 8 nitrogen and oxygen atoms in total. The Kier molecular flexibility index (Phi) is 6.21. The van der Waals surface area contributed by atoms with E-state index in [-0.39, 0.29) is 10.8 Å². The standard InChI is InChI=1S/C18H22N4O4S2/c1-5-22(6-2)28(23,24)15-9-7-8-14(10-15)17-20-21-18(26-17)27-11-16-12(3)19-13(4)25-16/h7-10H,5-6,11H2,1-4H3. The van der Waals surface area contributed by atoms with Crippen LogP contribution in [0.1, 0.15) is 31.2 Å². The van der Waals surface area contributed by atoms with Crippen LogP contribution in [0.15, 0.2) is 43.2 Å². The average molecular weight is 423 g/mol. The summed E-state index contributed by atoms with van der Waals surface area (Å²) >= 11 is 1.34. The van der Waals surface area contributed by atoms with Gasteiger partial charge in [0, 0.05) is 25.6 Å². The maximum Gasteiger partial charge on any atom is 0.277 e. The number of thioether (sulfide) groups is 1. The highest BCUT2D eigenvalue weighted by Gasteiger charge is 2.22. The molecule has 10 heteroatoms. The summed E-state index contributed by atoms with van der Waals surface area (Å²) in [6.07, 6.45) is 0. The van der Waals surface area contributed by atoms with Crippen molar-refractivity contribution in [3.63, 3.8) is 0 Å². The van der Waals surface area contributed by atoms with Crippen molar-refractivity contribution >= 4 is 21.8 Å². The molecule has 0 bridgehead atoms. The van der Waals surface area contributed by atoms with Crippen molar-refractivity contribution in [2.24, 2.45) is 0 Å². The van der Waals surface area contributed by atoms with E-state index in [1.807, 2.05) is 20.8 Å². The Morgan fingerprint density at radius 2 is 1.86 bits per heavy atom. The molecular weight excluding hydrogens is 400 g/mol. The molecule has 3 aromatic rings. The molecule has 0 aliphatic carbocycles. The first-order chi connectivity index (χ1) is 13.3. The van der Waals surface area contributed by atoms with Crippen LogP contribution in [0.2, 0.25) is 0 Å². The lowest BCUT2D eigenvalue weighted by molar-refractivity contribution is 0.445. The number of hydrogen-bond donors (Lipinski definition) is 0. The minimum Gasteiger partial charge on any atom is -0.445 e. The van der Waals surface area contributed by atoms with Gasteiger partial charge in [-0.25, -0.2) is 13.4 Å². The van der Waals surface area contributed by atoms with Crippen LogP contribution in [-0.2, 0) is 15.8 Å². The quantitative estimate of drug-likeness (QED) is 0.507. The fourth-order valence-corrected chi connectivity index (χ4v) is 4.98. The Bertz CT molecular complexity index is 1060. The molecule has 0 N–H and O–H groups in total. The van der Waals surface area contributed by atoms with Crippen LogP contribution in [0.5, 0.6) is 0 Å². The van der Waals surface area contributed by atoms with E-state index in [0.29, 0.717) is 35.5 Å². The first kappa shape index (κ1) is 20.6. The Labute approximate surface area is 168 Å². The zero-order chi connectivity index (χ0) is 20.3. The van der Waals surface area contributed by atoms with E-state index in [9.17, 15) is 8.42 Å². The second kappa shape index (κ2) is 8.46. The van der Waals surface area contributed by atoms with Gasteiger partial charge in [-0.15, -0.1) is 10.2 Å². The Morgan fingerprint density at radius 3 is 2.50 bits per heavy atom. The summed E-state index contributed by atoms with van der Waals surface area (Å²) in [6.45, 7) is 8.11. The summed E-state index contributed by atoms with van der Waals surface area (Å²) in [4.78, 5) is 4.43. The highest BCUT2D eigenvalue weighted by Crippen LogP contribution is 2.28. The van der Waals surface area contributed by atoms with Crippen molar-refractivity contribution in [2.45, 2.75) is 43.6 Å². The summed E-state index contributed by atoms with van der Waals surface area (Å²) in [6, 6.07) is 6.54. The van der Waals surface area contributed by atoms with Crippen LogP contribution in [-0.4, -0.2) is 41.0 Å². The van der Waals surface area contributed by atoms with Gasteiger partial charge in [0.1, 0.15) is 5.76 Å². The van der Waals surface area contributed by atoms with E-state index in [1.54, 1.807) is 31.2 Å². The van der Waals surface area contributed by atoms with Crippen LogP contribution in [0.25, 0.3) is 11.5 Å². The summed E-state index contributed by atoms with van der Waals surface area (Å²) < 4.78 is 38.1. The number of benzene rings is 1. The second-order valence-corrected chi connectivity index (χ2v) is 8.88. The molecule has 0 fully saturated rings. The zero-order valence-electron chi connectivity index (χ0n) is 16.2. The molecule has 2 heterocycles. The van der Waals surface area contributed by atoms with Gasteiger partial charge >= 0.3 is 0 Å². The van der Waals surface area contributed by atoms with Gasteiger partial charge in [-0.05, 0) is 25.1 Å². The minimum absolute atomic E-state index is 0.203. The van der Waals surface area contributed by atoms with Gasteiger partial charge in [-0.3, -0.25) is 0 Å². The van der Waals surface area contributed by atoms with Crippen LogP contribution in [0.4, 0.5) is 0 Å². The Balaban J connectivity index is 1.79. The number of rotatable bonds is 8. The summed E-state index contributed by atoms with van der Waals surface area (Å²) in [5, 5.41) is 8.45. The van der Waals surface area contributed by atoms with Gasteiger partial charge in [-0.2, -0.15) is 4.31 Å². The number of oxazole rings is 1. The number of aromatic nitrogens is 3. The van der Waals surface area contributed by atoms with E-state index in [0.717, 1.165) is 11.5 Å². The monoisotopic (exact) mass is 422 g/mol. The smallest absolute Gasteiger partial charge is 0.277 e. The number of sulfonamides is 1. The first-order valence-corrected chi connectivity index (χ1v) is 11.3. The molecule has 0 aliphatic heterocycles. The highest BCUT2D eigenvalue weighted by atomic mass is 32.2. The van der Waals surface area contributed by atoms with E-state index in [1.165, 1.54) is 16.1 Å². The molecule has 3 rings (SSSR count). The van der Waals surface area contributed by atoms with Gasteiger partial charge < -0.3 is 8.83 Å². The molecule has 150 valence electrons. The Morgan fingerprint density at radius 1 is 1.11 bits per heavy atom. The van der Waals surface area contributed by atoms with Gasteiger partial charge in [0.15, 0.2) is 5.89 Å². The molecule has 0 radical (unpaired) electrons. The van der Waals surface area contributed by atoms with Gasteiger partial charge in [0.2, 0.25) is 15.9 Å². The topological polar surface area (TPSA) is 102 Å². The molecule has 0 atom stereocenters. The summed E-state index contributed by atoms with van der Waals surface area (Å²) in [5.74, 6) is 2.16. The third kappa shape index (κ3) is 4.29. The number of hydrogen-bond acceptors (Lipinski definition) is 8. The van der Waals surface area contributed by atoms with Crippen molar-refractivity contribution in [1.29, 1.82) is 0 Å². The van der Waals surface area contributed by atoms with Crippen molar-refractivity contribution < 1.29 is 17.3 Å². The van der Waals surface area contributed by atoms with E-state index < -0.39 is 10.0 Å². The van der Waals surface area contributed by atoms with Crippen molar-refractivity contribution in [1.82, 2.24) is 19.5 Å². The van der Waals surface area contributed by atoms with Crippen LogP contribution in [0.3, 0.4) is 0 Å². The lowest BCUT2D eigenvalue weighted by Crippen LogP contribution is -2.30. The third-order valence-corrected chi connectivity index (χ3v) is 7.02. The second-order valence-electron chi connectivity index (χ2n) is 6.02. The highest BCUT2D eigenvalue weighted by molar-refractivity contribution is 7.98. The first-order valence-electron chi connectivity index (χ1n) is 8.85. The Hall–Kier alpha value is -2.17. The van der Waals surface area contributed by atoms with Gasteiger partial charge in [0.05, 0.1) is 16.3 Å². The van der Waals surface area contributed by atoms with E-state index in [2.05, 4.69) is 15.2 Å². The average Bonchev–Trinajstić information content (AvgIpc) is 3.27. The SMILES string of the molecule is CCN(CC)S(=O)(=O)c1cccc(-c2nnc(SCc3oc(C)nc3C)o2)c1. The maximum atomic E-state index is 12.7. The lowest BCUT2D eigenvalue weighted by Gasteiger charge is -2.18. The van der Waals surface area contributed by atoms with Gasteiger partial charge in [0.25, 0.3) is 5.22 Å². The van der Waals surface area contributed by atoms with Crippen molar-refractivity contribution in [3.05, 3.63) is 41.6 Å². The fourth-order valence-electron chi connectivity index (χ4n) is 2.72. The molecule has 0 unspecified atom stereocenters. The predicted octanol–water partition coefficient (Wildman–Crippen LogP) is 3.66. The van der Waals surface area contributed by atoms with Crippen LogP contribution in [0, 0.1) is 13.8 Å². The predicted molar refractivity (Wildman–Crippen MR) is 105 cm³/mol. The third-order valence-electron chi connectivity index (χ3n) is 4.16.